The lowest BCUT2D eigenvalue weighted by atomic mass is 10.2. The van der Waals surface area contributed by atoms with Crippen LogP contribution in [0.15, 0.2) is 58.8 Å². The van der Waals surface area contributed by atoms with Crippen molar-refractivity contribution in [2.45, 2.75) is 6.67 Å². The normalized spacial score (nSPS) is 19.8. The zero-order valence-electron chi connectivity index (χ0n) is 16.2. The molecule has 150 valence electrons. The molecule has 1 aromatic heterocycles. The molecule has 0 saturated carbocycles. The van der Waals surface area contributed by atoms with Gasteiger partial charge in [-0.25, -0.2) is 0 Å². The van der Waals surface area contributed by atoms with E-state index in [1.54, 1.807) is 24.3 Å². The smallest absolute Gasteiger partial charge is 0.296 e. The fourth-order valence-corrected chi connectivity index (χ4v) is 3.94. The number of halogens is 1. The quantitative estimate of drug-likeness (QED) is 0.564. The van der Waals surface area contributed by atoms with Crippen LogP contribution in [0.2, 0.25) is 5.02 Å². The fourth-order valence-electron chi connectivity index (χ4n) is 3.73. The molecule has 1 amide bonds. The van der Waals surface area contributed by atoms with Crippen molar-refractivity contribution in [3.05, 3.63) is 59.1 Å². The molecule has 8 heteroatoms. The Morgan fingerprint density at radius 1 is 1.10 bits per heavy atom. The van der Waals surface area contributed by atoms with Gasteiger partial charge in [-0.1, -0.05) is 41.9 Å². The number of rotatable bonds is 4. The molecule has 2 aromatic carbocycles. The highest BCUT2D eigenvalue weighted by Crippen LogP contribution is 2.38. The minimum absolute atomic E-state index is 0.0284. The predicted octanol–water partition coefficient (Wildman–Crippen LogP) is 1.30. The van der Waals surface area contributed by atoms with Gasteiger partial charge >= 0.3 is 0 Å². The predicted molar refractivity (Wildman–Crippen MR) is 111 cm³/mol. The molecule has 1 aliphatic heterocycles. The van der Waals surface area contributed by atoms with Gasteiger partial charge in [-0.2, -0.15) is 0 Å². The van der Waals surface area contributed by atoms with Crippen LogP contribution in [-0.2, 0) is 6.67 Å². The fraction of sp³-hybridized carbons (Fsp3) is 0.286. The van der Waals surface area contributed by atoms with Gasteiger partial charge in [0.25, 0.3) is 5.91 Å². The van der Waals surface area contributed by atoms with E-state index < -0.39 is 5.91 Å². The third-order valence-corrected chi connectivity index (χ3v) is 5.78. The molecule has 1 fully saturated rings. The van der Waals surface area contributed by atoms with Crippen molar-refractivity contribution in [1.82, 2.24) is 4.57 Å². The topological polar surface area (TPSA) is 75.8 Å². The second-order valence-electron chi connectivity index (χ2n) is 7.47. The molecule has 0 unspecified atom stereocenters. The van der Waals surface area contributed by atoms with E-state index in [1.807, 2.05) is 28.8 Å². The standard InChI is InChI=1S/C21H22ClN5O2/c1-25-10-12-26(13-11-25)14-27-18-9-5-3-7-16(18)19(21(27)29)23-24-20(28)15-6-2-4-8-17(15)22/h2-9,29H,10-14H2,1H3/p+2. The highest BCUT2D eigenvalue weighted by atomic mass is 35.5. The molecule has 2 heterocycles. The van der Waals surface area contributed by atoms with Crippen molar-refractivity contribution >= 4 is 34.1 Å². The Morgan fingerprint density at radius 2 is 1.79 bits per heavy atom. The van der Waals surface area contributed by atoms with Crippen LogP contribution < -0.4 is 9.80 Å². The van der Waals surface area contributed by atoms with E-state index in [2.05, 4.69) is 17.3 Å². The number of benzene rings is 2. The summed E-state index contributed by atoms with van der Waals surface area (Å²) in [4.78, 5) is 15.3. The summed E-state index contributed by atoms with van der Waals surface area (Å²) in [5.74, 6) is -0.514. The monoisotopic (exact) mass is 413 g/mol. The maximum atomic E-state index is 12.4. The van der Waals surface area contributed by atoms with Gasteiger partial charge in [-0.05, 0) is 18.2 Å². The Balaban J connectivity index is 1.65. The van der Waals surface area contributed by atoms with Gasteiger partial charge in [0.05, 0.1) is 23.2 Å². The van der Waals surface area contributed by atoms with Crippen LogP contribution in [0.5, 0.6) is 5.88 Å². The molecule has 4 rings (SSSR count). The van der Waals surface area contributed by atoms with Crippen LogP contribution in [0.3, 0.4) is 0 Å². The Labute approximate surface area is 173 Å². The number of piperazine rings is 1. The van der Waals surface area contributed by atoms with Gasteiger partial charge in [0.1, 0.15) is 26.2 Å². The second-order valence-corrected chi connectivity index (χ2v) is 7.87. The number of likely N-dealkylation sites (N-methyl/N-ethyl adjacent to an activating group) is 1. The van der Waals surface area contributed by atoms with Crippen LogP contribution in [0.25, 0.3) is 10.9 Å². The average Bonchev–Trinajstić information content (AvgIpc) is 2.99. The Kier molecular flexibility index (Phi) is 5.62. The molecule has 1 aliphatic rings. The van der Waals surface area contributed by atoms with Crippen LogP contribution in [-0.4, -0.2) is 48.8 Å². The summed E-state index contributed by atoms with van der Waals surface area (Å²) in [6.45, 7) is 4.94. The SMILES string of the molecule is C[NH+]1CC[NH+](Cn2c(O)c(N=NC(=O)c3ccccc3Cl)c3ccccc32)CC1. The number of aromatic hydroxyl groups is 1. The van der Waals surface area contributed by atoms with E-state index in [1.165, 1.54) is 9.80 Å². The number of para-hydroxylation sites is 1. The van der Waals surface area contributed by atoms with Gasteiger partial charge in [-0.15, -0.1) is 10.2 Å². The summed E-state index contributed by atoms with van der Waals surface area (Å²) < 4.78 is 1.86. The van der Waals surface area contributed by atoms with E-state index >= 15 is 0 Å². The number of hydrogen-bond acceptors (Lipinski definition) is 3. The summed E-state index contributed by atoms with van der Waals surface area (Å²) in [6.07, 6.45) is 0. The van der Waals surface area contributed by atoms with Crippen LogP contribution in [0, 0.1) is 0 Å². The lowest BCUT2D eigenvalue weighted by Crippen LogP contribution is -3.26. The number of carbonyl (C=O) groups excluding carboxylic acids is 1. The maximum Gasteiger partial charge on any atom is 0.296 e. The first-order chi connectivity index (χ1) is 14.0. The minimum Gasteiger partial charge on any atom is -0.493 e. The number of amides is 1. The van der Waals surface area contributed by atoms with Crippen molar-refractivity contribution < 1.29 is 19.7 Å². The molecule has 0 radical (unpaired) electrons. The summed E-state index contributed by atoms with van der Waals surface area (Å²) in [7, 11) is 2.20. The first-order valence-corrected chi connectivity index (χ1v) is 10.1. The first-order valence-electron chi connectivity index (χ1n) is 9.70. The summed E-state index contributed by atoms with van der Waals surface area (Å²) >= 11 is 6.07. The molecule has 0 bridgehead atoms. The lowest BCUT2D eigenvalue weighted by molar-refractivity contribution is -1.01. The summed E-state index contributed by atoms with van der Waals surface area (Å²) in [5, 5.41) is 19.9. The van der Waals surface area contributed by atoms with Crippen molar-refractivity contribution in [2.75, 3.05) is 33.2 Å². The van der Waals surface area contributed by atoms with Crippen molar-refractivity contribution in [3.8, 4) is 5.88 Å². The van der Waals surface area contributed by atoms with Gasteiger partial charge in [0.15, 0.2) is 12.4 Å². The zero-order valence-corrected chi connectivity index (χ0v) is 17.0. The number of hydrogen-bond donors (Lipinski definition) is 3. The Morgan fingerprint density at radius 3 is 2.55 bits per heavy atom. The largest absolute Gasteiger partial charge is 0.493 e. The van der Waals surface area contributed by atoms with E-state index in [0.29, 0.717) is 17.4 Å². The number of fused-ring (bicyclic) bond motifs is 1. The molecular weight excluding hydrogens is 390 g/mol. The van der Waals surface area contributed by atoms with Gasteiger partial charge < -0.3 is 14.9 Å². The van der Waals surface area contributed by atoms with E-state index in [-0.39, 0.29) is 11.4 Å². The number of quaternary nitrogens is 2. The van der Waals surface area contributed by atoms with Gasteiger partial charge in [0, 0.05) is 5.39 Å². The Bertz CT molecular complexity index is 1070. The van der Waals surface area contributed by atoms with Crippen LogP contribution in [0.4, 0.5) is 5.69 Å². The van der Waals surface area contributed by atoms with Gasteiger partial charge in [0.2, 0.25) is 5.88 Å². The first kappa shape index (κ1) is 19.6. The third kappa shape index (κ3) is 4.03. The molecule has 0 spiro atoms. The molecule has 29 heavy (non-hydrogen) atoms. The maximum absolute atomic E-state index is 12.4. The highest BCUT2D eigenvalue weighted by molar-refractivity contribution is 6.33. The van der Waals surface area contributed by atoms with E-state index in [9.17, 15) is 9.90 Å². The highest BCUT2D eigenvalue weighted by Gasteiger charge is 2.24. The number of nitrogens with one attached hydrogen (secondary N) is 2. The van der Waals surface area contributed by atoms with Crippen molar-refractivity contribution in [2.24, 2.45) is 10.2 Å². The average molecular weight is 414 g/mol. The second kappa shape index (κ2) is 8.32. The zero-order chi connectivity index (χ0) is 20.4. The van der Waals surface area contributed by atoms with Gasteiger partial charge in [-0.3, -0.25) is 9.36 Å². The Hall–Kier alpha value is -2.74. The molecule has 3 aromatic rings. The lowest BCUT2D eigenvalue weighted by Gasteiger charge is -2.27. The molecular formula is C21H24ClN5O2+2. The van der Waals surface area contributed by atoms with E-state index in [0.717, 1.165) is 37.1 Å². The van der Waals surface area contributed by atoms with Crippen LogP contribution in [0.1, 0.15) is 10.4 Å². The molecule has 7 nitrogen and oxygen atoms in total. The van der Waals surface area contributed by atoms with Crippen LogP contribution >= 0.6 is 11.6 Å². The number of carbonyl (C=O) groups is 1. The molecule has 1 saturated heterocycles. The minimum atomic E-state index is -0.542. The molecule has 3 N–H and O–H groups in total. The molecule has 0 atom stereocenters. The summed E-state index contributed by atoms with van der Waals surface area (Å²) in [6, 6.07) is 14.3. The summed E-state index contributed by atoms with van der Waals surface area (Å²) in [5.41, 5.74) is 1.47. The third-order valence-electron chi connectivity index (χ3n) is 5.45. The number of azo groups is 1. The number of nitrogens with zero attached hydrogens (tertiary/aromatic N) is 3. The van der Waals surface area contributed by atoms with Crippen molar-refractivity contribution in [3.63, 3.8) is 0 Å². The van der Waals surface area contributed by atoms with E-state index in [4.69, 9.17) is 11.6 Å². The molecule has 0 aliphatic carbocycles. The van der Waals surface area contributed by atoms with Crippen molar-refractivity contribution in [1.29, 1.82) is 0 Å². The number of aromatic nitrogens is 1.